The smallest absolute Gasteiger partial charge is 0.412 e. The highest BCUT2D eigenvalue weighted by atomic mass is 28.3. The first-order chi connectivity index (χ1) is 20.8. The molecular formula is C32H40N6O4Si. The van der Waals surface area contributed by atoms with E-state index in [4.69, 9.17) is 14.2 Å². The van der Waals surface area contributed by atoms with Crippen molar-refractivity contribution in [2.24, 2.45) is 0 Å². The molecule has 0 saturated heterocycles. The third-order valence-electron chi connectivity index (χ3n) is 7.38. The van der Waals surface area contributed by atoms with Gasteiger partial charge in [-0.2, -0.15) is 4.68 Å². The molecule has 2 heterocycles. The number of carbonyl (C=O) groups is 1. The Morgan fingerprint density at radius 2 is 1.79 bits per heavy atom. The lowest BCUT2D eigenvalue weighted by Gasteiger charge is -2.22. The van der Waals surface area contributed by atoms with Gasteiger partial charge in [-0.15, -0.1) is 5.10 Å². The van der Waals surface area contributed by atoms with Gasteiger partial charge in [-0.05, 0) is 59.1 Å². The van der Waals surface area contributed by atoms with Crippen LogP contribution in [0.2, 0.25) is 25.7 Å². The van der Waals surface area contributed by atoms with Gasteiger partial charge in [0.25, 0.3) is 0 Å². The maximum atomic E-state index is 12.7. The van der Waals surface area contributed by atoms with Gasteiger partial charge in [-0.3, -0.25) is 4.98 Å². The van der Waals surface area contributed by atoms with Crippen LogP contribution in [0.15, 0.2) is 67.0 Å². The average Bonchev–Trinajstić information content (AvgIpc) is 3.48. The standard InChI is InChI=1S/C32H40N6O4Si/c1-43(2,3)17-16-40-23-38-31(35-36-37-38)26-18-25(20-33-21-26)29-19-28(42-32(39)34-27-12-8-5-9-13-27)14-15-30(29)41-22-24-10-6-4-7-11-24/h4,6-7,10-11,14-15,18-21,27H,5,8-9,12-13,16-17,22-23H2,1-3H3,(H,34,39). The number of hydrogen-bond acceptors (Lipinski definition) is 8. The van der Waals surface area contributed by atoms with Gasteiger partial charge in [-0.1, -0.05) is 69.2 Å². The Labute approximate surface area is 253 Å². The molecule has 0 atom stereocenters. The average molecular weight is 601 g/mol. The van der Waals surface area contributed by atoms with Gasteiger partial charge in [-0.25, -0.2) is 4.79 Å². The summed E-state index contributed by atoms with van der Waals surface area (Å²) in [5.41, 5.74) is 3.28. The van der Waals surface area contributed by atoms with Crippen molar-refractivity contribution in [1.82, 2.24) is 30.5 Å². The summed E-state index contributed by atoms with van der Waals surface area (Å²) in [5.74, 6) is 1.60. The number of hydrogen-bond donors (Lipinski definition) is 1. The third-order valence-corrected chi connectivity index (χ3v) is 9.08. The minimum Gasteiger partial charge on any atom is -0.488 e. The van der Waals surface area contributed by atoms with Gasteiger partial charge >= 0.3 is 6.09 Å². The van der Waals surface area contributed by atoms with E-state index in [1.807, 2.05) is 48.5 Å². The van der Waals surface area contributed by atoms with Gasteiger partial charge in [0.2, 0.25) is 0 Å². The Hall–Kier alpha value is -4.09. The summed E-state index contributed by atoms with van der Waals surface area (Å²) in [6.07, 6.45) is 8.44. The normalized spacial score (nSPS) is 13.9. The van der Waals surface area contributed by atoms with Crippen LogP contribution in [0.4, 0.5) is 4.79 Å². The zero-order chi connectivity index (χ0) is 30.1. The van der Waals surface area contributed by atoms with Crippen molar-refractivity contribution in [3.63, 3.8) is 0 Å². The van der Waals surface area contributed by atoms with Crippen LogP contribution in [0.1, 0.15) is 37.7 Å². The molecule has 43 heavy (non-hydrogen) atoms. The molecule has 4 aromatic rings. The van der Waals surface area contributed by atoms with E-state index in [0.29, 0.717) is 30.5 Å². The van der Waals surface area contributed by atoms with Crippen LogP contribution >= 0.6 is 0 Å². The molecule has 1 fully saturated rings. The van der Waals surface area contributed by atoms with Crippen molar-refractivity contribution in [3.05, 3.63) is 72.6 Å². The molecule has 0 aliphatic heterocycles. The molecule has 226 valence electrons. The monoisotopic (exact) mass is 600 g/mol. The zero-order valence-electron chi connectivity index (χ0n) is 25.2. The minimum absolute atomic E-state index is 0.153. The van der Waals surface area contributed by atoms with Gasteiger partial charge in [0.05, 0.1) is 0 Å². The number of pyridine rings is 1. The molecule has 0 spiro atoms. The molecule has 0 radical (unpaired) electrons. The predicted octanol–water partition coefficient (Wildman–Crippen LogP) is 6.71. The van der Waals surface area contributed by atoms with Gasteiger partial charge < -0.3 is 19.5 Å². The highest BCUT2D eigenvalue weighted by molar-refractivity contribution is 6.76. The van der Waals surface area contributed by atoms with Crippen LogP contribution in [0.5, 0.6) is 11.5 Å². The van der Waals surface area contributed by atoms with Crippen LogP contribution in [0, 0.1) is 0 Å². The number of benzene rings is 2. The van der Waals surface area contributed by atoms with Crippen LogP contribution in [0.25, 0.3) is 22.5 Å². The summed E-state index contributed by atoms with van der Waals surface area (Å²) >= 11 is 0. The summed E-state index contributed by atoms with van der Waals surface area (Å²) in [6, 6.07) is 18.5. The minimum atomic E-state index is -1.21. The Kier molecular flexibility index (Phi) is 10.2. The molecule has 0 unspecified atom stereocenters. The van der Waals surface area contributed by atoms with E-state index in [1.165, 1.54) is 6.42 Å². The Morgan fingerprint density at radius 1 is 1.00 bits per heavy atom. The molecule has 0 bridgehead atoms. The summed E-state index contributed by atoms with van der Waals surface area (Å²) in [4.78, 5) is 17.2. The van der Waals surface area contributed by atoms with E-state index in [9.17, 15) is 4.79 Å². The summed E-state index contributed by atoms with van der Waals surface area (Å²) in [7, 11) is -1.21. The Bertz CT molecular complexity index is 1480. The Balaban J connectivity index is 1.37. The van der Waals surface area contributed by atoms with Crippen LogP contribution in [0.3, 0.4) is 0 Å². The molecule has 1 saturated carbocycles. The summed E-state index contributed by atoms with van der Waals surface area (Å²) in [5, 5.41) is 15.3. The maximum absolute atomic E-state index is 12.7. The molecule has 2 aromatic carbocycles. The van der Waals surface area contributed by atoms with E-state index in [0.717, 1.165) is 54.0 Å². The predicted molar refractivity (Wildman–Crippen MR) is 167 cm³/mol. The molecular weight excluding hydrogens is 560 g/mol. The number of aromatic nitrogens is 5. The van der Waals surface area contributed by atoms with E-state index >= 15 is 0 Å². The lowest BCUT2D eigenvalue weighted by atomic mass is 9.96. The van der Waals surface area contributed by atoms with Crippen molar-refractivity contribution >= 4 is 14.2 Å². The van der Waals surface area contributed by atoms with Crippen molar-refractivity contribution in [2.75, 3.05) is 6.61 Å². The first kappa shape index (κ1) is 30.4. The fourth-order valence-electron chi connectivity index (χ4n) is 4.95. The number of carbonyl (C=O) groups excluding carboxylic acids is 1. The quantitative estimate of drug-likeness (QED) is 0.141. The lowest BCUT2D eigenvalue weighted by Crippen LogP contribution is -2.37. The van der Waals surface area contributed by atoms with Crippen LogP contribution in [-0.4, -0.2) is 52.0 Å². The van der Waals surface area contributed by atoms with Gasteiger partial charge in [0, 0.05) is 49.8 Å². The second-order valence-corrected chi connectivity index (χ2v) is 17.7. The first-order valence-electron chi connectivity index (χ1n) is 14.9. The van der Waals surface area contributed by atoms with E-state index < -0.39 is 14.2 Å². The number of ether oxygens (including phenoxy) is 3. The number of nitrogens with one attached hydrogen (secondary N) is 1. The lowest BCUT2D eigenvalue weighted by molar-refractivity contribution is 0.0784. The fraction of sp³-hybridized carbons (Fsp3) is 0.406. The zero-order valence-corrected chi connectivity index (χ0v) is 26.2. The SMILES string of the molecule is C[Si](C)(C)CCOCn1nnnc1-c1cncc(-c2cc(OC(=O)NC3CCCCC3)ccc2OCc2ccccc2)c1. The third kappa shape index (κ3) is 8.95. The largest absolute Gasteiger partial charge is 0.488 e. The summed E-state index contributed by atoms with van der Waals surface area (Å²) < 4.78 is 19.5. The number of rotatable bonds is 12. The van der Waals surface area contributed by atoms with E-state index in [-0.39, 0.29) is 12.8 Å². The molecule has 1 aliphatic rings. The highest BCUT2D eigenvalue weighted by Gasteiger charge is 2.19. The Morgan fingerprint density at radius 3 is 2.58 bits per heavy atom. The summed E-state index contributed by atoms with van der Waals surface area (Å²) in [6.45, 7) is 8.25. The van der Waals surface area contributed by atoms with Crippen molar-refractivity contribution in [3.8, 4) is 34.0 Å². The van der Waals surface area contributed by atoms with Crippen molar-refractivity contribution in [1.29, 1.82) is 0 Å². The van der Waals surface area contributed by atoms with E-state index in [2.05, 4.69) is 45.5 Å². The second kappa shape index (κ2) is 14.4. The molecule has 1 amide bonds. The fourth-order valence-corrected chi connectivity index (χ4v) is 5.70. The molecule has 11 heteroatoms. The maximum Gasteiger partial charge on any atom is 0.412 e. The number of tetrazole rings is 1. The van der Waals surface area contributed by atoms with E-state index in [1.54, 1.807) is 23.1 Å². The van der Waals surface area contributed by atoms with Crippen LogP contribution in [-0.2, 0) is 18.1 Å². The van der Waals surface area contributed by atoms with Crippen molar-refractivity contribution < 1.29 is 19.0 Å². The van der Waals surface area contributed by atoms with Gasteiger partial charge in [0.1, 0.15) is 24.8 Å². The molecule has 2 aromatic heterocycles. The molecule has 5 rings (SSSR count). The number of nitrogens with zero attached hydrogens (tertiary/aromatic N) is 5. The number of amides is 1. The molecule has 1 N–H and O–H groups in total. The second-order valence-electron chi connectivity index (χ2n) is 12.1. The molecule has 1 aliphatic carbocycles. The topological polar surface area (TPSA) is 113 Å². The van der Waals surface area contributed by atoms with Crippen molar-refractivity contribution in [2.45, 2.75) is 77.2 Å². The van der Waals surface area contributed by atoms with Gasteiger partial charge in [0.15, 0.2) is 5.82 Å². The van der Waals surface area contributed by atoms with Crippen LogP contribution < -0.4 is 14.8 Å². The molecule has 10 nitrogen and oxygen atoms in total. The highest BCUT2D eigenvalue weighted by Crippen LogP contribution is 2.35. The first-order valence-corrected chi connectivity index (χ1v) is 18.6.